The molecular formula is C17H19N3. The Morgan fingerprint density at radius 2 is 2.05 bits per heavy atom. The molecule has 0 N–H and O–H groups in total. The van der Waals surface area contributed by atoms with Gasteiger partial charge >= 0.3 is 0 Å². The van der Waals surface area contributed by atoms with Crippen molar-refractivity contribution in [3.8, 4) is 6.07 Å². The SMILES string of the molecule is CC1CCN(c2ccc3cc(C#N)ccc3n2)CC1C. The van der Waals surface area contributed by atoms with Gasteiger partial charge in [0.05, 0.1) is 17.1 Å². The zero-order valence-corrected chi connectivity index (χ0v) is 12.0. The Hall–Kier alpha value is -2.08. The maximum atomic E-state index is 8.93. The van der Waals surface area contributed by atoms with Gasteiger partial charge in [-0.15, -0.1) is 0 Å². The molecule has 3 nitrogen and oxygen atoms in total. The Labute approximate surface area is 119 Å². The molecule has 3 rings (SSSR count). The zero-order valence-electron chi connectivity index (χ0n) is 12.0. The van der Waals surface area contributed by atoms with Crippen LogP contribution in [0.3, 0.4) is 0 Å². The number of hydrogen-bond acceptors (Lipinski definition) is 3. The maximum absolute atomic E-state index is 8.93. The fourth-order valence-corrected chi connectivity index (χ4v) is 2.83. The van der Waals surface area contributed by atoms with Gasteiger partial charge in [0.2, 0.25) is 0 Å². The van der Waals surface area contributed by atoms with Crippen LogP contribution in [0.1, 0.15) is 25.8 Å². The van der Waals surface area contributed by atoms with E-state index < -0.39 is 0 Å². The van der Waals surface area contributed by atoms with Crippen molar-refractivity contribution in [1.82, 2.24) is 4.98 Å². The van der Waals surface area contributed by atoms with Gasteiger partial charge in [-0.1, -0.05) is 13.8 Å². The van der Waals surface area contributed by atoms with E-state index in [9.17, 15) is 0 Å². The van der Waals surface area contributed by atoms with E-state index in [4.69, 9.17) is 10.2 Å². The molecule has 2 atom stereocenters. The van der Waals surface area contributed by atoms with Crippen molar-refractivity contribution in [3.63, 3.8) is 0 Å². The summed E-state index contributed by atoms with van der Waals surface area (Å²) in [5.74, 6) is 2.56. The highest BCUT2D eigenvalue weighted by molar-refractivity contribution is 5.81. The lowest BCUT2D eigenvalue weighted by molar-refractivity contribution is 0.323. The van der Waals surface area contributed by atoms with Gasteiger partial charge in [-0.2, -0.15) is 5.26 Å². The minimum Gasteiger partial charge on any atom is -0.356 e. The fourth-order valence-electron chi connectivity index (χ4n) is 2.83. The van der Waals surface area contributed by atoms with E-state index in [1.807, 2.05) is 18.2 Å². The van der Waals surface area contributed by atoms with Crippen molar-refractivity contribution >= 4 is 16.7 Å². The average Bonchev–Trinajstić information content (AvgIpc) is 2.49. The van der Waals surface area contributed by atoms with Crippen LogP contribution in [0.5, 0.6) is 0 Å². The highest BCUT2D eigenvalue weighted by atomic mass is 15.2. The van der Waals surface area contributed by atoms with E-state index in [-0.39, 0.29) is 0 Å². The second-order valence-corrected chi connectivity index (χ2v) is 5.88. The van der Waals surface area contributed by atoms with E-state index in [0.717, 1.165) is 35.7 Å². The van der Waals surface area contributed by atoms with Crippen molar-refractivity contribution in [1.29, 1.82) is 5.26 Å². The van der Waals surface area contributed by atoms with Crippen LogP contribution in [0.2, 0.25) is 0 Å². The first-order chi connectivity index (χ1) is 9.67. The van der Waals surface area contributed by atoms with Crippen LogP contribution in [0, 0.1) is 23.2 Å². The van der Waals surface area contributed by atoms with Crippen LogP contribution in [0.15, 0.2) is 30.3 Å². The summed E-state index contributed by atoms with van der Waals surface area (Å²) in [6, 6.07) is 12.0. The molecule has 0 spiro atoms. The number of hydrogen-bond donors (Lipinski definition) is 0. The molecule has 0 amide bonds. The minimum absolute atomic E-state index is 0.687. The summed E-state index contributed by atoms with van der Waals surface area (Å²) in [5, 5.41) is 9.96. The number of rotatable bonds is 1. The number of nitriles is 1. The zero-order chi connectivity index (χ0) is 14.1. The highest BCUT2D eigenvalue weighted by Gasteiger charge is 2.23. The summed E-state index contributed by atoms with van der Waals surface area (Å²) in [7, 11) is 0. The molecule has 1 saturated heterocycles. The first kappa shape index (κ1) is 12.9. The van der Waals surface area contributed by atoms with Crippen molar-refractivity contribution < 1.29 is 0 Å². The van der Waals surface area contributed by atoms with Crippen LogP contribution in [-0.4, -0.2) is 18.1 Å². The van der Waals surface area contributed by atoms with Crippen LogP contribution in [0.4, 0.5) is 5.82 Å². The average molecular weight is 265 g/mol. The summed E-state index contributed by atoms with van der Waals surface area (Å²) < 4.78 is 0. The Morgan fingerprint density at radius 1 is 1.20 bits per heavy atom. The Bertz CT molecular complexity index is 671. The third-order valence-corrected chi connectivity index (χ3v) is 4.46. The molecule has 1 aliphatic rings. The van der Waals surface area contributed by atoms with Gasteiger partial charge in [-0.25, -0.2) is 4.98 Å². The predicted octanol–water partition coefficient (Wildman–Crippen LogP) is 3.59. The molecule has 0 saturated carbocycles. The van der Waals surface area contributed by atoms with Crippen molar-refractivity contribution in [2.75, 3.05) is 18.0 Å². The Balaban J connectivity index is 1.92. The number of benzene rings is 1. The van der Waals surface area contributed by atoms with Gasteiger partial charge in [0.25, 0.3) is 0 Å². The minimum atomic E-state index is 0.687. The van der Waals surface area contributed by atoms with Crippen LogP contribution in [-0.2, 0) is 0 Å². The van der Waals surface area contributed by atoms with Gasteiger partial charge in [0, 0.05) is 18.5 Å². The van der Waals surface area contributed by atoms with Gasteiger partial charge in [0.15, 0.2) is 0 Å². The second kappa shape index (κ2) is 5.13. The molecule has 102 valence electrons. The Morgan fingerprint density at radius 3 is 2.80 bits per heavy atom. The van der Waals surface area contributed by atoms with Crippen molar-refractivity contribution in [2.24, 2.45) is 11.8 Å². The van der Waals surface area contributed by atoms with E-state index >= 15 is 0 Å². The summed E-state index contributed by atoms with van der Waals surface area (Å²) >= 11 is 0. The highest BCUT2D eigenvalue weighted by Crippen LogP contribution is 2.27. The van der Waals surface area contributed by atoms with Crippen molar-refractivity contribution in [2.45, 2.75) is 20.3 Å². The second-order valence-electron chi connectivity index (χ2n) is 5.88. The van der Waals surface area contributed by atoms with E-state index in [1.165, 1.54) is 6.42 Å². The number of aromatic nitrogens is 1. The lowest BCUT2D eigenvalue weighted by Gasteiger charge is -2.36. The molecule has 1 aliphatic heterocycles. The molecule has 3 heteroatoms. The normalized spacial score (nSPS) is 22.8. The first-order valence-corrected chi connectivity index (χ1v) is 7.23. The maximum Gasteiger partial charge on any atom is 0.129 e. The molecule has 0 radical (unpaired) electrons. The third-order valence-electron chi connectivity index (χ3n) is 4.46. The van der Waals surface area contributed by atoms with Gasteiger partial charge in [-0.05, 0) is 48.6 Å². The molecule has 2 heterocycles. The molecule has 2 aromatic rings. The van der Waals surface area contributed by atoms with Crippen LogP contribution in [0.25, 0.3) is 10.9 Å². The van der Waals surface area contributed by atoms with E-state index in [0.29, 0.717) is 11.5 Å². The number of piperidine rings is 1. The lowest BCUT2D eigenvalue weighted by Crippen LogP contribution is -2.38. The molecule has 2 unspecified atom stereocenters. The quantitative estimate of drug-likeness (QED) is 0.791. The lowest BCUT2D eigenvalue weighted by atomic mass is 9.89. The summed E-state index contributed by atoms with van der Waals surface area (Å²) in [6.07, 6.45) is 1.23. The number of pyridine rings is 1. The number of nitrogens with zero attached hydrogens (tertiary/aromatic N) is 3. The summed E-state index contributed by atoms with van der Waals surface area (Å²) in [5.41, 5.74) is 1.65. The molecule has 0 bridgehead atoms. The van der Waals surface area contributed by atoms with Crippen LogP contribution >= 0.6 is 0 Å². The molecular weight excluding hydrogens is 246 g/mol. The molecule has 0 aliphatic carbocycles. The molecule has 1 aromatic heterocycles. The van der Waals surface area contributed by atoms with E-state index in [1.54, 1.807) is 0 Å². The molecule has 20 heavy (non-hydrogen) atoms. The monoisotopic (exact) mass is 265 g/mol. The van der Waals surface area contributed by atoms with Gasteiger partial charge in [0.1, 0.15) is 5.82 Å². The topological polar surface area (TPSA) is 39.9 Å². The van der Waals surface area contributed by atoms with Crippen molar-refractivity contribution in [3.05, 3.63) is 35.9 Å². The fraction of sp³-hybridized carbons (Fsp3) is 0.412. The molecule has 1 fully saturated rings. The summed E-state index contributed by atoms with van der Waals surface area (Å²) in [6.45, 7) is 6.81. The third kappa shape index (κ3) is 2.34. The molecule has 1 aromatic carbocycles. The van der Waals surface area contributed by atoms with Gasteiger partial charge < -0.3 is 4.90 Å². The van der Waals surface area contributed by atoms with Gasteiger partial charge in [-0.3, -0.25) is 0 Å². The smallest absolute Gasteiger partial charge is 0.129 e. The standard InChI is InChI=1S/C17H19N3/c1-12-7-8-20(11-13(12)2)17-6-4-15-9-14(10-18)3-5-16(15)19-17/h3-6,9,12-13H,7-8,11H2,1-2H3. The number of fused-ring (bicyclic) bond motifs is 1. The predicted molar refractivity (Wildman–Crippen MR) is 81.6 cm³/mol. The Kier molecular flexibility index (Phi) is 3.31. The largest absolute Gasteiger partial charge is 0.356 e. The number of anilines is 1. The van der Waals surface area contributed by atoms with Crippen LogP contribution < -0.4 is 4.90 Å². The summed E-state index contributed by atoms with van der Waals surface area (Å²) in [4.78, 5) is 7.13. The van der Waals surface area contributed by atoms with E-state index in [2.05, 4.69) is 36.9 Å². The first-order valence-electron chi connectivity index (χ1n) is 7.23.